The van der Waals surface area contributed by atoms with Crippen molar-refractivity contribution in [3.63, 3.8) is 0 Å². The van der Waals surface area contributed by atoms with Crippen LogP contribution in [0.3, 0.4) is 0 Å². The third kappa shape index (κ3) is 5.66. The van der Waals surface area contributed by atoms with Crippen LogP contribution in [-0.2, 0) is 6.42 Å². The van der Waals surface area contributed by atoms with Gasteiger partial charge in [-0.15, -0.1) is 0 Å². The smallest absolute Gasteiger partial charge is 0.0119 e. The van der Waals surface area contributed by atoms with Crippen molar-refractivity contribution in [3.8, 4) is 0 Å². The molecule has 0 fully saturated rings. The van der Waals surface area contributed by atoms with E-state index in [1.54, 1.807) is 0 Å². The van der Waals surface area contributed by atoms with Crippen molar-refractivity contribution in [2.45, 2.75) is 72.8 Å². The van der Waals surface area contributed by atoms with E-state index >= 15 is 0 Å². The molecule has 0 bridgehead atoms. The van der Waals surface area contributed by atoms with Gasteiger partial charge < -0.3 is 5.32 Å². The quantitative estimate of drug-likeness (QED) is 0.725. The maximum absolute atomic E-state index is 3.71. The van der Waals surface area contributed by atoms with Crippen LogP contribution in [-0.4, -0.2) is 12.6 Å². The van der Waals surface area contributed by atoms with Crippen molar-refractivity contribution >= 4 is 0 Å². The predicted molar refractivity (Wildman–Crippen MR) is 90.4 cm³/mol. The topological polar surface area (TPSA) is 12.0 Å². The summed E-state index contributed by atoms with van der Waals surface area (Å²) in [7, 11) is 0. The van der Waals surface area contributed by atoms with Crippen LogP contribution in [0.15, 0.2) is 24.3 Å². The van der Waals surface area contributed by atoms with Gasteiger partial charge in [-0.2, -0.15) is 0 Å². The van der Waals surface area contributed by atoms with Crippen molar-refractivity contribution in [2.75, 3.05) is 6.54 Å². The van der Waals surface area contributed by atoms with Crippen molar-refractivity contribution in [2.24, 2.45) is 5.41 Å². The molecule has 0 saturated heterocycles. The maximum Gasteiger partial charge on any atom is 0.0119 e. The number of rotatable bonds is 7. The molecule has 114 valence electrons. The van der Waals surface area contributed by atoms with E-state index in [0.29, 0.717) is 17.4 Å². The van der Waals surface area contributed by atoms with E-state index in [0.717, 1.165) is 13.0 Å². The summed E-state index contributed by atoms with van der Waals surface area (Å²) >= 11 is 0. The van der Waals surface area contributed by atoms with Crippen LogP contribution in [0.5, 0.6) is 0 Å². The molecular formula is C19H33N. The second kappa shape index (κ2) is 7.83. The lowest BCUT2D eigenvalue weighted by atomic mass is 9.83. The highest BCUT2D eigenvalue weighted by Crippen LogP contribution is 2.24. The fourth-order valence-corrected chi connectivity index (χ4v) is 2.54. The molecule has 0 aliphatic carbocycles. The molecule has 1 aromatic carbocycles. The van der Waals surface area contributed by atoms with Gasteiger partial charge in [0.25, 0.3) is 0 Å². The maximum atomic E-state index is 3.71. The lowest BCUT2D eigenvalue weighted by Gasteiger charge is -2.32. The Bertz CT molecular complexity index is 370. The van der Waals surface area contributed by atoms with E-state index in [1.165, 1.54) is 24.0 Å². The molecule has 1 heteroatoms. The summed E-state index contributed by atoms with van der Waals surface area (Å²) in [6.45, 7) is 14.9. The predicted octanol–water partition coefficient (Wildman–Crippen LogP) is 5.16. The summed E-state index contributed by atoms with van der Waals surface area (Å²) in [5.74, 6) is 0.623. The highest BCUT2D eigenvalue weighted by Gasteiger charge is 2.23. The van der Waals surface area contributed by atoms with Gasteiger partial charge in [0.15, 0.2) is 0 Å². The Morgan fingerprint density at radius 1 is 1.05 bits per heavy atom. The third-order valence-electron chi connectivity index (χ3n) is 4.05. The second-order valence-corrected chi connectivity index (χ2v) is 7.31. The van der Waals surface area contributed by atoms with Crippen LogP contribution in [0.4, 0.5) is 0 Å². The first-order chi connectivity index (χ1) is 9.34. The summed E-state index contributed by atoms with van der Waals surface area (Å²) in [6, 6.07) is 9.76. The van der Waals surface area contributed by atoms with E-state index < -0.39 is 0 Å². The van der Waals surface area contributed by atoms with E-state index in [1.807, 2.05) is 0 Å². The summed E-state index contributed by atoms with van der Waals surface area (Å²) in [4.78, 5) is 0. The Kier molecular flexibility index (Phi) is 6.75. The Hall–Kier alpha value is -0.820. The van der Waals surface area contributed by atoms with E-state index in [4.69, 9.17) is 0 Å². The minimum atomic E-state index is 0.326. The molecule has 0 spiro atoms. The van der Waals surface area contributed by atoms with Gasteiger partial charge in [0.1, 0.15) is 0 Å². The zero-order valence-electron chi connectivity index (χ0n) is 14.3. The average Bonchev–Trinajstić information content (AvgIpc) is 2.37. The monoisotopic (exact) mass is 275 g/mol. The number of hydrogen-bond donors (Lipinski definition) is 1. The molecule has 1 atom stereocenters. The van der Waals surface area contributed by atoms with Gasteiger partial charge in [-0.05, 0) is 48.3 Å². The zero-order valence-corrected chi connectivity index (χ0v) is 14.3. The summed E-state index contributed by atoms with van der Waals surface area (Å²) in [5.41, 5.74) is 3.22. The SMILES string of the molecule is CCCNC(CCc1ccc(C(C)C)cc1)C(C)(C)C. The number of nitrogens with one attached hydrogen (secondary N) is 1. The van der Waals surface area contributed by atoms with Crippen LogP contribution in [0.25, 0.3) is 0 Å². The number of aryl methyl sites for hydroxylation is 1. The molecule has 0 heterocycles. The highest BCUT2D eigenvalue weighted by molar-refractivity contribution is 5.24. The highest BCUT2D eigenvalue weighted by atomic mass is 14.9. The van der Waals surface area contributed by atoms with Crippen LogP contribution in [0, 0.1) is 5.41 Å². The van der Waals surface area contributed by atoms with Gasteiger partial charge in [-0.1, -0.05) is 65.8 Å². The summed E-state index contributed by atoms with van der Waals surface area (Å²) in [6.07, 6.45) is 3.58. The fraction of sp³-hybridized carbons (Fsp3) is 0.684. The standard InChI is InChI=1S/C19H33N/c1-7-14-20-18(19(4,5)6)13-10-16-8-11-17(12-9-16)15(2)3/h8-9,11-12,15,18,20H,7,10,13-14H2,1-6H3. The Labute approximate surface area is 126 Å². The Morgan fingerprint density at radius 3 is 2.10 bits per heavy atom. The minimum absolute atomic E-state index is 0.326. The van der Waals surface area contributed by atoms with Crippen LogP contribution < -0.4 is 5.32 Å². The van der Waals surface area contributed by atoms with Gasteiger partial charge in [0.2, 0.25) is 0 Å². The van der Waals surface area contributed by atoms with E-state index in [2.05, 4.69) is 71.1 Å². The normalized spacial score (nSPS) is 13.8. The first-order valence-corrected chi connectivity index (χ1v) is 8.16. The third-order valence-corrected chi connectivity index (χ3v) is 4.05. The molecule has 0 aliphatic heterocycles. The molecule has 0 aliphatic rings. The molecule has 0 saturated carbocycles. The molecule has 1 nitrogen and oxygen atoms in total. The van der Waals surface area contributed by atoms with Crippen molar-refractivity contribution in [1.82, 2.24) is 5.32 Å². The number of benzene rings is 1. The van der Waals surface area contributed by atoms with Crippen LogP contribution >= 0.6 is 0 Å². The minimum Gasteiger partial charge on any atom is -0.313 e. The molecule has 1 N–H and O–H groups in total. The first-order valence-electron chi connectivity index (χ1n) is 8.16. The van der Waals surface area contributed by atoms with Crippen LogP contribution in [0.1, 0.15) is 71.4 Å². The van der Waals surface area contributed by atoms with Gasteiger partial charge >= 0.3 is 0 Å². The molecule has 1 unspecified atom stereocenters. The summed E-state index contributed by atoms with van der Waals surface area (Å²) in [5, 5.41) is 3.71. The lowest BCUT2D eigenvalue weighted by molar-refractivity contribution is 0.255. The van der Waals surface area contributed by atoms with E-state index in [-0.39, 0.29) is 0 Å². The molecule has 1 rings (SSSR count). The van der Waals surface area contributed by atoms with Crippen molar-refractivity contribution in [3.05, 3.63) is 35.4 Å². The average molecular weight is 275 g/mol. The molecular weight excluding hydrogens is 242 g/mol. The Balaban J connectivity index is 2.58. The fourth-order valence-electron chi connectivity index (χ4n) is 2.54. The molecule has 0 aromatic heterocycles. The molecule has 0 radical (unpaired) electrons. The van der Waals surface area contributed by atoms with Crippen molar-refractivity contribution < 1.29 is 0 Å². The second-order valence-electron chi connectivity index (χ2n) is 7.31. The lowest BCUT2D eigenvalue weighted by Crippen LogP contribution is -2.41. The molecule has 0 amide bonds. The first kappa shape index (κ1) is 17.2. The van der Waals surface area contributed by atoms with Gasteiger partial charge in [0, 0.05) is 6.04 Å². The number of hydrogen-bond acceptors (Lipinski definition) is 1. The zero-order chi connectivity index (χ0) is 15.2. The van der Waals surface area contributed by atoms with Crippen molar-refractivity contribution in [1.29, 1.82) is 0 Å². The van der Waals surface area contributed by atoms with E-state index in [9.17, 15) is 0 Å². The Morgan fingerprint density at radius 2 is 1.65 bits per heavy atom. The molecule has 20 heavy (non-hydrogen) atoms. The molecule has 1 aromatic rings. The van der Waals surface area contributed by atoms with Crippen LogP contribution in [0.2, 0.25) is 0 Å². The largest absolute Gasteiger partial charge is 0.313 e. The van der Waals surface area contributed by atoms with Gasteiger partial charge in [-0.25, -0.2) is 0 Å². The van der Waals surface area contributed by atoms with Gasteiger partial charge in [-0.3, -0.25) is 0 Å². The van der Waals surface area contributed by atoms with Gasteiger partial charge in [0.05, 0.1) is 0 Å². The summed E-state index contributed by atoms with van der Waals surface area (Å²) < 4.78 is 0.